The molecule has 5 atom stereocenters. The van der Waals surface area contributed by atoms with E-state index in [-0.39, 0.29) is 17.9 Å². The first kappa shape index (κ1) is 24.5. The van der Waals surface area contributed by atoms with Gasteiger partial charge in [0.2, 0.25) is 0 Å². The van der Waals surface area contributed by atoms with Gasteiger partial charge in [-0.25, -0.2) is 9.18 Å². The minimum absolute atomic E-state index is 0.167. The highest BCUT2D eigenvalue weighted by Crippen LogP contribution is 2.37. The Morgan fingerprint density at radius 1 is 1.15 bits per heavy atom. The van der Waals surface area contributed by atoms with Gasteiger partial charge in [-0.2, -0.15) is 0 Å². The molecule has 2 unspecified atom stereocenters. The average Bonchev–Trinajstić information content (AvgIpc) is 3.28. The molecule has 4 rings (SSSR count). The third-order valence-corrected chi connectivity index (χ3v) is 7.08. The fourth-order valence-corrected chi connectivity index (χ4v) is 5.26. The van der Waals surface area contributed by atoms with Gasteiger partial charge in [0.1, 0.15) is 11.9 Å². The molecule has 1 fully saturated rings. The predicted octanol–water partition coefficient (Wildman–Crippen LogP) is 5.97. The number of carbonyl (C=O) groups excluding carboxylic acids is 1. The van der Waals surface area contributed by atoms with Crippen molar-refractivity contribution in [1.82, 2.24) is 5.32 Å². The van der Waals surface area contributed by atoms with Crippen LogP contribution in [-0.4, -0.2) is 36.4 Å². The number of nitrogens with one attached hydrogen (secondary N) is 1. The SMILES string of the molecule is CCOC(=O)C(C)(C)Oc1ccc([C@@H]2CC[C@H](N[C@H](C)C3=C4C=CC=CC4C(F)C=C3)C2)cc1. The summed E-state index contributed by atoms with van der Waals surface area (Å²) in [5, 5.41) is 3.80. The molecule has 3 aliphatic rings. The van der Waals surface area contributed by atoms with Crippen LogP contribution in [0.5, 0.6) is 5.75 Å². The Kier molecular flexibility index (Phi) is 7.42. The summed E-state index contributed by atoms with van der Waals surface area (Å²) in [5.74, 6) is 0.614. The van der Waals surface area contributed by atoms with Crippen molar-refractivity contribution < 1.29 is 18.7 Å². The van der Waals surface area contributed by atoms with Crippen LogP contribution in [-0.2, 0) is 9.53 Å². The highest BCUT2D eigenvalue weighted by atomic mass is 19.1. The van der Waals surface area contributed by atoms with Crippen LogP contribution in [0.15, 0.2) is 71.9 Å². The topological polar surface area (TPSA) is 47.6 Å². The van der Waals surface area contributed by atoms with Crippen LogP contribution in [0.25, 0.3) is 0 Å². The molecule has 1 aromatic carbocycles. The lowest BCUT2D eigenvalue weighted by Gasteiger charge is -2.30. The van der Waals surface area contributed by atoms with Crippen molar-refractivity contribution in [2.75, 3.05) is 6.61 Å². The predicted molar refractivity (Wildman–Crippen MR) is 134 cm³/mol. The largest absolute Gasteiger partial charge is 0.476 e. The quantitative estimate of drug-likeness (QED) is 0.481. The molecule has 1 aromatic rings. The number of carbonyl (C=O) groups is 1. The third-order valence-electron chi connectivity index (χ3n) is 7.08. The van der Waals surface area contributed by atoms with Gasteiger partial charge < -0.3 is 14.8 Å². The minimum Gasteiger partial charge on any atom is -0.476 e. The Bertz CT molecular complexity index is 1000. The van der Waals surface area contributed by atoms with Crippen molar-refractivity contribution in [3.05, 3.63) is 77.4 Å². The monoisotopic (exact) mass is 465 g/mol. The van der Waals surface area contributed by atoms with E-state index >= 15 is 0 Å². The summed E-state index contributed by atoms with van der Waals surface area (Å²) in [7, 11) is 0. The Morgan fingerprint density at radius 3 is 2.65 bits per heavy atom. The van der Waals surface area contributed by atoms with Crippen molar-refractivity contribution in [2.45, 2.75) is 76.7 Å². The number of alkyl halides is 1. The summed E-state index contributed by atoms with van der Waals surface area (Å²) in [6.45, 7) is 7.75. The maximum Gasteiger partial charge on any atom is 0.349 e. The molecule has 182 valence electrons. The highest BCUT2D eigenvalue weighted by molar-refractivity contribution is 5.79. The van der Waals surface area contributed by atoms with Gasteiger partial charge in [0, 0.05) is 18.0 Å². The van der Waals surface area contributed by atoms with E-state index in [1.54, 1.807) is 26.8 Å². The number of allylic oxidation sites excluding steroid dienone is 6. The molecule has 0 heterocycles. The molecule has 0 spiro atoms. The van der Waals surface area contributed by atoms with E-state index in [1.165, 1.54) is 11.1 Å². The first-order chi connectivity index (χ1) is 16.3. The second-order valence-corrected chi connectivity index (χ2v) is 9.98. The molecular formula is C29H36FNO3. The van der Waals surface area contributed by atoms with E-state index in [9.17, 15) is 9.18 Å². The van der Waals surface area contributed by atoms with E-state index in [0.29, 0.717) is 24.3 Å². The molecule has 34 heavy (non-hydrogen) atoms. The van der Waals surface area contributed by atoms with Crippen LogP contribution in [0.2, 0.25) is 0 Å². The summed E-state index contributed by atoms with van der Waals surface area (Å²) in [6.07, 6.45) is 14.0. The molecule has 0 amide bonds. The average molecular weight is 466 g/mol. The van der Waals surface area contributed by atoms with Crippen LogP contribution >= 0.6 is 0 Å². The van der Waals surface area contributed by atoms with Crippen LogP contribution in [0, 0.1) is 5.92 Å². The van der Waals surface area contributed by atoms with Crippen molar-refractivity contribution in [3.63, 3.8) is 0 Å². The number of esters is 1. The standard InChI is InChI=1S/C29H36FNO3/c1-5-33-28(32)29(3,4)34-23-14-11-20(12-15-23)21-10-13-22(18-21)31-19(2)24-16-17-27(30)26-9-7-6-8-25(24)26/h6-9,11-12,14-17,19,21-22,26-27,31H,5,10,13,18H2,1-4H3/t19-,21-,22+,26?,27?/m1/s1. The lowest BCUT2D eigenvalue weighted by atomic mass is 9.81. The molecule has 5 heteroatoms. The number of hydrogen-bond acceptors (Lipinski definition) is 4. The zero-order valence-electron chi connectivity index (χ0n) is 20.6. The lowest BCUT2D eigenvalue weighted by Crippen LogP contribution is -2.39. The first-order valence-corrected chi connectivity index (χ1v) is 12.4. The van der Waals surface area contributed by atoms with E-state index in [1.807, 2.05) is 36.4 Å². The van der Waals surface area contributed by atoms with Gasteiger partial charge in [0.25, 0.3) is 0 Å². The molecule has 0 bridgehead atoms. The van der Waals surface area contributed by atoms with E-state index in [4.69, 9.17) is 9.47 Å². The van der Waals surface area contributed by atoms with E-state index in [0.717, 1.165) is 24.8 Å². The van der Waals surface area contributed by atoms with E-state index in [2.05, 4.69) is 30.4 Å². The van der Waals surface area contributed by atoms with Gasteiger partial charge in [-0.15, -0.1) is 0 Å². The number of fused-ring (bicyclic) bond motifs is 1. The Labute approximate surface area is 202 Å². The molecule has 1 N–H and O–H groups in total. The zero-order valence-corrected chi connectivity index (χ0v) is 20.6. The maximum atomic E-state index is 14.3. The minimum atomic E-state index is -1.02. The van der Waals surface area contributed by atoms with Crippen LogP contribution in [0.3, 0.4) is 0 Å². The van der Waals surface area contributed by atoms with Crippen molar-refractivity contribution in [1.29, 1.82) is 0 Å². The molecule has 0 saturated heterocycles. The Balaban J connectivity index is 1.35. The van der Waals surface area contributed by atoms with Gasteiger partial charge in [-0.05, 0) is 87.8 Å². The molecule has 4 nitrogen and oxygen atoms in total. The Morgan fingerprint density at radius 2 is 1.91 bits per heavy atom. The Hall–Kier alpha value is -2.66. The molecular weight excluding hydrogens is 429 g/mol. The van der Waals surface area contributed by atoms with Gasteiger partial charge >= 0.3 is 5.97 Å². The first-order valence-electron chi connectivity index (χ1n) is 12.4. The summed E-state index contributed by atoms with van der Waals surface area (Å²) in [6, 6.07) is 8.68. The van der Waals surface area contributed by atoms with Crippen molar-refractivity contribution >= 4 is 5.97 Å². The number of benzene rings is 1. The van der Waals surface area contributed by atoms with Crippen LogP contribution < -0.4 is 10.1 Å². The molecule has 0 aliphatic heterocycles. The van der Waals surface area contributed by atoms with Gasteiger partial charge in [0.05, 0.1) is 6.61 Å². The maximum absolute atomic E-state index is 14.3. The van der Waals surface area contributed by atoms with Crippen molar-refractivity contribution in [2.24, 2.45) is 5.92 Å². The van der Waals surface area contributed by atoms with Gasteiger partial charge in [-0.1, -0.05) is 42.5 Å². The fourth-order valence-electron chi connectivity index (χ4n) is 5.26. The number of rotatable bonds is 8. The normalized spacial score (nSPS) is 27.0. The summed E-state index contributed by atoms with van der Waals surface area (Å²) < 4.78 is 25.3. The second-order valence-electron chi connectivity index (χ2n) is 9.98. The second kappa shape index (κ2) is 10.3. The number of halogens is 1. The summed E-state index contributed by atoms with van der Waals surface area (Å²) >= 11 is 0. The molecule has 1 saturated carbocycles. The highest BCUT2D eigenvalue weighted by Gasteiger charge is 2.33. The molecule has 0 aromatic heterocycles. The summed E-state index contributed by atoms with van der Waals surface area (Å²) in [4.78, 5) is 12.1. The summed E-state index contributed by atoms with van der Waals surface area (Å²) in [5.41, 5.74) is 2.55. The molecule has 0 radical (unpaired) electrons. The zero-order chi connectivity index (χ0) is 24.3. The van der Waals surface area contributed by atoms with Crippen LogP contribution in [0.4, 0.5) is 4.39 Å². The lowest BCUT2D eigenvalue weighted by molar-refractivity contribution is -0.158. The molecule has 3 aliphatic carbocycles. The van der Waals surface area contributed by atoms with Crippen molar-refractivity contribution in [3.8, 4) is 5.75 Å². The smallest absolute Gasteiger partial charge is 0.349 e. The number of hydrogen-bond donors (Lipinski definition) is 1. The van der Waals surface area contributed by atoms with Gasteiger partial charge in [-0.3, -0.25) is 0 Å². The third kappa shape index (κ3) is 5.35. The van der Waals surface area contributed by atoms with Crippen LogP contribution in [0.1, 0.15) is 58.4 Å². The fraction of sp³-hybridized carbons (Fsp3) is 0.483. The van der Waals surface area contributed by atoms with Gasteiger partial charge in [0.15, 0.2) is 5.60 Å². The number of ether oxygens (including phenoxy) is 2. The van der Waals surface area contributed by atoms with E-state index < -0.39 is 11.8 Å².